The van der Waals surface area contributed by atoms with Gasteiger partial charge in [0, 0.05) is 21.1 Å². The largest absolute Gasteiger partial charge is 0.493 e. The van der Waals surface area contributed by atoms with Crippen LogP contribution < -0.4 is 24.4 Å². The number of benzene rings is 2. The number of nitrogens with zero attached hydrogens (tertiary/aromatic N) is 2. The quantitative estimate of drug-likeness (QED) is 0.247. The number of carbonyl (C=O) groups excluding carboxylic acids is 1. The molecule has 4 aromatic rings. The Morgan fingerprint density at radius 3 is 2.52 bits per heavy atom. The first-order valence-electron chi connectivity index (χ1n) is 12.2. The third-order valence-corrected chi connectivity index (χ3v) is 8.27. The molecule has 2 aromatic heterocycles. The molecule has 3 heterocycles. The zero-order valence-corrected chi connectivity index (χ0v) is 25.1. The van der Waals surface area contributed by atoms with Crippen LogP contribution >= 0.6 is 38.9 Å². The van der Waals surface area contributed by atoms with Gasteiger partial charge in [0.1, 0.15) is 11.5 Å². The number of allylic oxidation sites excluding steroid dienone is 1. The number of halogens is 2. The number of hydrogen-bond donors (Lipinski definition) is 0. The maximum atomic E-state index is 13.9. The van der Waals surface area contributed by atoms with Crippen LogP contribution in [0.5, 0.6) is 11.5 Å². The molecule has 11 heteroatoms. The van der Waals surface area contributed by atoms with E-state index in [4.69, 9.17) is 30.2 Å². The molecule has 0 unspecified atom stereocenters. The first-order valence-corrected chi connectivity index (χ1v) is 14.2. The molecule has 0 bridgehead atoms. The van der Waals surface area contributed by atoms with Crippen molar-refractivity contribution >= 4 is 50.9 Å². The third-order valence-electron chi connectivity index (χ3n) is 6.34. The number of carbonyl (C=O) groups is 1. The second kappa shape index (κ2) is 11.5. The fourth-order valence-corrected chi connectivity index (χ4v) is 6.19. The molecule has 8 nitrogen and oxygen atoms in total. The summed E-state index contributed by atoms with van der Waals surface area (Å²) in [7, 11) is 3.06. The SMILES string of the molecule is CCOC(=O)C1=C(C)N=c2s/c(=C\c3ccc(-c4ccc(Cl)cc4)o3)c(=O)n2[C@@H]1c1cc(OC)c(OC)cc1Br. The Bertz CT molecular complexity index is 1820. The normalized spacial score (nSPS) is 15.1. The Hall–Kier alpha value is -3.60. The van der Waals surface area contributed by atoms with Crippen molar-refractivity contribution in [2.45, 2.75) is 19.9 Å². The first-order chi connectivity index (χ1) is 19.2. The van der Waals surface area contributed by atoms with Crippen molar-refractivity contribution in [1.29, 1.82) is 0 Å². The second-order valence-electron chi connectivity index (χ2n) is 8.74. The highest BCUT2D eigenvalue weighted by atomic mass is 79.9. The fraction of sp³-hybridized carbons (Fsp3) is 0.207. The van der Waals surface area contributed by atoms with Crippen LogP contribution in [0.2, 0.25) is 5.02 Å². The van der Waals surface area contributed by atoms with E-state index in [9.17, 15) is 9.59 Å². The smallest absolute Gasteiger partial charge is 0.338 e. The zero-order chi connectivity index (χ0) is 28.6. The molecule has 0 N–H and O–H groups in total. The van der Waals surface area contributed by atoms with E-state index < -0.39 is 12.0 Å². The number of esters is 1. The van der Waals surface area contributed by atoms with Crippen molar-refractivity contribution < 1.29 is 23.4 Å². The number of ether oxygens (including phenoxy) is 3. The molecular formula is C29H24BrClN2O6S. The van der Waals surface area contributed by atoms with Crippen LogP contribution in [-0.4, -0.2) is 31.4 Å². The van der Waals surface area contributed by atoms with Gasteiger partial charge in [0.2, 0.25) is 0 Å². The number of hydrogen-bond acceptors (Lipinski definition) is 8. The van der Waals surface area contributed by atoms with Crippen molar-refractivity contribution in [3.05, 3.63) is 100 Å². The lowest BCUT2D eigenvalue weighted by Gasteiger charge is -2.26. The second-order valence-corrected chi connectivity index (χ2v) is 11.0. The molecule has 0 saturated carbocycles. The lowest BCUT2D eigenvalue weighted by atomic mass is 9.95. The number of fused-ring (bicyclic) bond motifs is 1. The standard InChI is InChI=1S/C29H24BrClN2O6S/c1-5-38-28(35)25-15(2)32-29-33(26(25)19-13-22(36-3)23(37-4)14-20(19)30)27(34)24(40-29)12-18-10-11-21(39-18)16-6-8-17(31)9-7-16/h6-14,26H,5H2,1-4H3/b24-12-/t26-/m1/s1. The number of methoxy groups -OCH3 is 2. The van der Waals surface area contributed by atoms with Crippen LogP contribution in [0.3, 0.4) is 0 Å². The zero-order valence-electron chi connectivity index (χ0n) is 22.0. The van der Waals surface area contributed by atoms with Gasteiger partial charge >= 0.3 is 5.97 Å². The predicted octanol–water partition coefficient (Wildman–Crippen LogP) is 5.49. The number of furan rings is 1. The average Bonchev–Trinajstić information content (AvgIpc) is 3.52. The number of aromatic nitrogens is 1. The van der Waals surface area contributed by atoms with Gasteiger partial charge in [-0.25, -0.2) is 9.79 Å². The summed E-state index contributed by atoms with van der Waals surface area (Å²) in [6.45, 7) is 3.64. The monoisotopic (exact) mass is 642 g/mol. The molecule has 0 fully saturated rings. The minimum Gasteiger partial charge on any atom is -0.493 e. The molecule has 40 heavy (non-hydrogen) atoms. The maximum Gasteiger partial charge on any atom is 0.338 e. The summed E-state index contributed by atoms with van der Waals surface area (Å²) in [6, 6.07) is 13.6. The molecule has 0 amide bonds. The van der Waals surface area contributed by atoms with Gasteiger partial charge in [-0.15, -0.1) is 0 Å². The summed E-state index contributed by atoms with van der Waals surface area (Å²) < 4.78 is 24.9. The molecule has 0 aliphatic carbocycles. The molecule has 5 rings (SSSR count). The van der Waals surface area contributed by atoms with Crippen LogP contribution in [0.15, 0.2) is 78.5 Å². The fourth-order valence-electron chi connectivity index (χ4n) is 4.49. The molecule has 1 aliphatic rings. The van der Waals surface area contributed by atoms with Gasteiger partial charge < -0.3 is 18.6 Å². The summed E-state index contributed by atoms with van der Waals surface area (Å²) >= 11 is 10.8. The van der Waals surface area contributed by atoms with Gasteiger partial charge in [-0.1, -0.05) is 38.9 Å². The van der Waals surface area contributed by atoms with Gasteiger partial charge in [0.15, 0.2) is 16.3 Å². The van der Waals surface area contributed by atoms with Crippen LogP contribution in [0, 0.1) is 0 Å². The third kappa shape index (κ3) is 5.14. The predicted molar refractivity (Wildman–Crippen MR) is 157 cm³/mol. The summed E-state index contributed by atoms with van der Waals surface area (Å²) in [5.74, 6) is 1.54. The number of thiazole rings is 1. The molecule has 0 saturated heterocycles. The van der Waals surface area contributed by atoms with Gasteiger partial charge in [0.05, 0.1) is 42.7 Å². The van der Waals surface area contributed by atoms with Crippen LogP contribution in [0.25, 0.3) is 17.4 Å². The minimum atomic E-state index is -0.826. The lowest BCUT2D eigenvalue weighted by molar-refractivity contribution is -0.139. The van der Waals surface area contributed by atoms with Crippen molar-refractivity contribution in [2.24, 2.45) is 4.99 Å². The van der Waals surface area contributed by atoms with E-state index in [1.54, 1.807) is 50.3 Å². The Labute approximate surface area is 246 Å². The van der Waals surface area contributed by atoms with E-state index in [0.717, 1.165) is 5.56 Å². The summed E-state index contributed by atoms with van der Waals surface area (Å²) in [5, 5.41) is 0.629. The van der Waals surface area contributed by atoms with E-state index in [2.05, 4.69) is 20.9 Å². The van der Waals surface area contributed by atoms with Crippen molar-refractivity contribution in [1.82, 2.24) is 4.57 Å². The molecule has 206 valence electrons. The Morgan fingerprint density at radius 1 is 1.15 bits per heavy atom. The highest BCUT2D eigenvalue weighted by Gasteiger charge is 2.35. The van der Waals surface area contributed by atoms with Crippen molar-refractivity contribution in [2.75, 3.05) is 20.8 Å². The van der Waals surface area contributed by atoms with E-state index in [0.29, 0.717) is 53.1 Å². The van der Waals surface area contributed by atoms with Gasteiger partial charge in [-0.2, -0.15) is 0 Å². The van der Waals surface area contributed by atoms with Gasteiger partial charge in [-0.3, -0.25) is 9.36 Å². The molecular weight excluding hydrogens is 620 g/mol. The Morgan fingerprint density at radius 2 is 1.85 bits per heavy atom. The van der Waals surface area contributed by atoms with Crippen LogP contribution in [-0.2, 0) is 9.53 Å². The topological polar surface area (TPSA) is 92.3 Å². The maximum absolute atomic E-state index is 13.9. The van der Waals surface area contributed by atoms with E-state index in [1.807, 2.05) is 18.2 Å². The molecule has 1 atom stereocenters. The number of rotatable bonds is 7. The highest BCUT2D eigenvalue weighted by molar-refractivity contribution is 9.10. The van der Waals surface area contributed by atoms with Crippen molar-refractivity contribution in [3.8, 4) is 22.8 Å². The van der Waals surface area contributed by atoms with Crippen molar-refractivity contribution in [3.63, 3.8) is 0 Å². The first kappa shape index (κ1) is 27.9. The summed E-state index contributed by atoms with van der Waals surface area (Å²) in [6.07, 6.45) is 1.67. The molecule has 0 radical (unpaired) electrons. The highest BCUT2D eigenvalue weighted by Crippen LogP contribution is 2.40. The minimum absolute atomic E-state index is 0.175. The molecule has 1 aliphatic heterocycles. The van der Waals surface area contributed by atoms with E-state index in [1.165, 1.54) is 30.1 Å². The Kier molecular flexibility index (Phi) is 8.02. The van der Waals surface area contributed by atoms with Crippen LogP contribution in [0.1, 0.15) is 31.2 Å². The van der Waals surface area contributed by atoms with Crippen LogP contribution in [0.4, 0.5) is 0 Å². The Balaban J connectivity index is 1.68. The summed E-state index contributed by atoms with van der Waals surface area (Å²) in [4.78, 5) is 32.2. The van der Waals surface area contributed by atoms with E-state index in [-0.39, 0.29) is 17.7 Å². The van der Waals surface area contributed by atoms with E-state index >= 15 is 0 Å². The average molecular weight is 644 g/mol. The summed E-state index contributed by atoms with van der Waals surface area (Å²) in [5.41, 5.74) is 1.87. The van der Waals surface area contributed by atoms with Gasteiger partial charge in [-0.05, 0) is 67.9 Å². The molecule has 0 spiro atoms. The van der Waals surface area contributed by atoms with Gasteiger partial charge in [0.25, 0.3) is 5.56 Å². The molecule has 2 aromatic carbocycles. The lowest BCUT2D eigenvalue weighted by Crippen LogP contribution is -2.40.